The average Bonchev–Trinajstić information content (AvgIpc) is 2.33. The number of rotatable bonds is 7. The number of nitrogens with one attached hydrogen (secondary N) is 3. The van der Waals surface area contributed by atoms with Crippen molar-refractivity contribution in [3.05, 3.63) is 0 Å². The normalized spacial score (nSPS) is 14.0. The number of carboxylic acids is 1. The van der Waals surface area contributed by atoms with Crippen molar-refractivity contribution in [3.63, 3.8) is 0 Å². The van der Waals surface area contributed by atoms with E-state index in [1.807, 2.05) is 20.8 Å². The first-order valence-corrected chi connectivity index (χ1v) is 7.06. The van der Waals surface area contributed by atoms with Crippen molar-refractivity contribution in [1.82, 2.24) is 16.0 Å². The molecule has 3 amide bonds. The van der Waals surface area contributed by atoms with Crippen LogP contribution >= 0.6 is 0 Å². The predicted molar refractivity (Wildman–Crippen MR) is 79.9 cm³/mol. The Bertz CT molecular complexity index is 390. The van der Waals surface area contributed by atoms with Crippen molar-refractivity contribution in [2.75, 3.05) is 13.1 Å². The summed E-state index contributed by atoms with van der Waals surface area (Å²) in [5, 5.41) is 16.9. The Kier molecular flexibility index (Phi) is 7.18. The Morgan fingerprint density at radius 1 is 1.05 bits per heavy atom. The molecule has 0 aliphatic carbocycles. The molecular weight excluding hydrogens is 274 g/mol. The lowest BCUT2D eigenvalue weighted by Crippen LogP contribution is -2.46. The number of amides is 3. The molecule has 0 bridgehead atoms. The molecule has 0 aliphatic rings. The van der Waals surface area contributed by atoms with E-state index in [1.54, 1.807) is 13.8 Å². The molecule has 1 unspecified atom stereocenters. The molecule has 0 heterocycles. The average molecular weight is 301 g/mol. The number of urea groups is 1. The van der Waals surface area contributed by atoms with Crippen LogP contribution in [0.2, 0.25) is 0 Å². The van der Waals surface area contributed by atoms with Gasteiger partial charge in [0.15, 0.2) is 0 Å². The maximum absolute atomic E-state index is 11.5. The summed E-state index contributed by atoms with van der Waals surface area (Å²) in [7, 11) is 0. The standard InChI is InChI=1S/C14H27N3O4/c1-6-14(5,11(19)20)9-16-12(21)15-8-7-10(18)17-13(2,3)4/h6-9H2,1-5H3,(H,17,18)(H,19,20)(H2,15,16,21). The third kappa shape index (κ3) is 8.16. The molecule has 0 aliphatic heterocycles. The van der Waals surface area contributed by atoms with Gasteiger partial charge < -0.3 is 21.1 Å². The van der Waals surface area contributed by atoms with E-state index in [4.69, 9.17) is 5.11 Å². The minimum atomic E-state index is -0.985. The summed E-state index contributed by atoms with van der Waals surface area (Å²) in [6.07, 6.45) is 0.589. The molecule has 7 heteroatoms. The Hall–Kier alpha value is -1.79. The van der Waals surface area contributed by atoms with Crippen molar-refractivity contribution in [2.24, 2.45) is 5.41 Å². The number of carboxylic acid groups (broad SMARTS) is 1. The minimum absolute atomic E-state index is 0.0405. The van der Waals surface area contributed by atoms with E-state index in [-0.39, 0.29) is 31.0 Å². The highest BCUT2D eigenvalue weighted by atomic mass is 16.4. The first-order chi connectivity index (χ1) is 9.50. The third-order valence-corrected chi connectivity index (χ3v) is 3.09. The summed E-state index contributed by atoms with van der Waals surface area (Å²) in [6, 6.07) is -0.473. The lowest BCUT2D eigenvalue weighted by atomic mass is 9.88. The molecule has 0 aromatic heterocycles. The maximum Gasteiger partial charge on any atom is 0.314 e. The highest BCUT2D eigenvalue weighted by molar-refractivity contribution is 5.79. The number of hydrogen-bond donors (Lipinski definition) is 4. The monoisotopic (exact) mass is 301 g/mol. The van der Waals surface area contributed by atoms with Crippen molar-refractivity contribution in [2.45, 2.75) is 53.0 Å². The van der Waals surface area contributed by atoms with Gasteiger partial charge in [-0.2, -0.15) is 0 Å². The molecule has 0 aromatic carbocycles. The van der Waals surface area contributed by atoms with Crippen molar-refractivity contribution >= 4 is 17.9 Å². The van der Waals surface area contributed by atoms with E-state index in [1.165, 1.54) is 0 Å². The third-order valence-electron chi connectivity index (χ3n) is 3.09. The fraction of sp³-hybridized carbons (Fsp3) is 0.786. The van der Waals surface area contributed by atoms with Gasteiger partial charge in [-0.15, -0.1) is 0 Å². The highest BCUT2D eigenvalue weighted by Crippen LogP contribution is 2.19. The van der Waals surface area contributed by atoms with E-state index >= 15 is 0 Å². The van der Waals surface area contributed by atoms with Crippen LogP contribution in [0.15, 0.2) is 0 Å². The van der Waals surface area contributed by atoms with Crippen LogP contribution < -0.4 is 16.0 Å². The molecule has 122 valence electrons. The SMILES string of the molecule is CCC(C)(CNC(=O)NCCC(=O)NC(C)(C)C)C(=O)O. The second kappa shape index (κ2) is 7.85. The van der Waals surface area contributed by atoms with Crippen molar-refractivity contribution < 1.29 is 19.5 Å². The van der Waals surface area contributed by atoms with Crippen LogP contribution in [0.25, 0.3) is 0 Å². The summed E-state index contributed by atoms with van der Waals surface area (Å²) >= 11 is 0. The van der Waals surface area contributed by atoms with Gasteiger partial charge >= 0.3 is 12.0 Å². The Morgan fingerprint density at radius 2 is 1.62 bits per heavy atom. The first kappa shape index (κ1) is 19.2. The van der Waals surface area contributed by atoms with Crippen LogP contribution in [0.4, 0.5) is 4.79 Å². The minimum Gasteiger partial charge on any atom is -0.481 e. The lowest BCUT2D eigenvalue weighted by Gasteiger charge is -2.23. The largest absolute Gasteiger partial charge is 0.481 e. The Labute approximate surface area is 125 Å². The van der Waals surface area contributed by atoms with Gasteiger partial charge in [-0.1, -0.05) is 6.92 Å². The zero-order valence-electron chi connectivity index (χ0n) is 13.5. The van der Waals surface area contributed by atoms with Gasteiger partial charge in [0.05, 0.1) is 5.41 Å². The molecule has 4 N–H and O–H groups in total. The zero-order chi connectivity index (χ0) is 16.7. The van der Waals surface area contributed by atoms with Gasteiger partial charge in [0.2, 0.25) is 5.91 Å². The van der Waals surface area contributed by atoms with E-state index in [0.29, 0.717) is 6.42 Å². The topological polar surface area (TPSA) is 108 Å². The van der Waals surface area contributed by atoms with Gasteiger partial charge in [0, 0.05) is 25.0 Å². The van der Waals surface area contributed by atoms with E-state index < -0.39 is 17.4 Å². The van der Waals surface area contributed by atoms with Gasteiger partial charge in [-0.3, -0.25) is 9.59 Å². The van der Waals surface area contributed by atoms with E-state index in [2.05, 4.69) is 16.0 Å². The van der Waals surface area contributed by atoms with Crippen LogP contribution in [-0.4, -0.2) is 41.6 Å². The van der Waals surface area contributed by atoms with Crippen LogP contribution in [-0.2, 0) is 9.59 Å². The molecule has 0 aromatic rings. The van der Waals surface area contributed by atoms with Crippen LogP contribution in [0, 0.1) is 5.41 Å². The maximum atomic E-state index is 11.5. The predicted octanol–water partition coefficient (Wildman–Crippen LogP) is 1.09. The van der Waals surface area contributed by atoms with E-state index in [0.717, 1.165) is 0 Å². The fourth-order valence-electron chi connectivity index (χ4n) is 1.46. The molecular formula is C14H27N3O4. The number of aliphatic carboxylic acids is 1. The molecule has 0 rings (SSSR count). The first-order valence-electron chi connectivity index (χ1n) is 7.06. The second-order valence-electron chi connectivity index (χ2n) is 6.38. The van der Waals surface area contributed by atoms with Gasteiger partial charge in [0.25, 0.3) is 0 Å². The smallest absolute Gasteiger partial charge is 0.314 e. The zero-order valence-corrected chi connectivity index (χ0v) is 13.5. The number of carbonyl (C=O) groups excluding carboxylic acids is 2. The summed E-state index contributed by atoms with van der Waals surface area (Å²) in [4.78, 5) is 34.2. The number of carbonyl (C=O) groups is 3. The molecule has 7 nitrogen and oxygen atoms in total. The fourth-order valence-corrected chi connectivity index (χ4v) is 1.46. The highest BCUT2D eigenvalue weighted by Gasteiger charge is 2.31. The Morgan fingerprint density at radius 3 is 2.05 bits per heavy atom. The number of hydrogen-bond acceptors (Lipinski definition) is 3. The molecule has 1 atom stereocenters. The lowest BCUT2D eigenvalue weighted by molar-refractivity contribution is -0.147. The molecule has 0 radical (unpaired) electrons. The summed E-state index contributed by atoms with van der Waals surface area (Å²) in [6.45, 7) is 9.20. The van der Waals surface area contributed by atoms with Crippen molar-refractivity contribution in [3.8, 4) is 0 Å². The van der Waals surface area contributed by atoms with Crippen LogP contribution in [0.3, 0.4) is 0 Å². The summed E-state index contributed by atoms with van der Waals surface area (Å²) < 4.78 is 0. The van der Waals surface area contributed by atoms with Gasteiger partial charge in [0.1, 0.15) is 0 Å². The molecule has 0 fully saturated rings. The summed E-state index contributed by atoms with van der Waals surface area (Å²) in [5.74, 6) is -1.10. The second-order valence-corrected chi connectivity index (χ2v) is 6.38. The van der Waals surface area contributed by atoms with E-state index in [9.17, 15) is 14.4 Å². The van der Waals surface area contributed by atoms with Crippen molar-refractivity contribution in [1.29, 1.82) is 0 Å². The van der Waals surface area contributed by atoms with Crippen LogP contribution in [0.1, 0.15) is 47.5 Å². The Balaban J connectivity index is 4.02. The summed E-state index contributed by atoms with van der Waals surface area (Å²) in [5.41, 5.74) is -1.29. The molecule has 21 heavy (non-hydrogen) atoms. The molecule has 0 spiro atoms. The molecule has 0 saturated carbocycles. The van der Waals surface area contributed by atoms with Gasteiger partial charge in [-0.25, -0.2) is 4.79 Å². The quantitative estimate of drug-likeness (QED) is 0.564. The van der Waals surface area contributed by atoms with Gasteiger partial charge in [-0.05, 0) is 34.1 Å². The van der Waals surface area contributed by atoms with Crippen LogP contribution in [0.5, 0.6) is 0 Å². The molecule has 0 saturated heterocycles.